The van der Waals surface area contributed by atoms with Crippen molar-refractivity contribution in [3.8, 4) is 0 Å². The Kier molecular flexibility index (Phi) is 5.16. The van der Waals surface area contributed by atoms with Crippen LogP contribution in [0.1, 0.15) is 41.6 Å². The summed E-state index contributed by atoms with van der Waals surface area (Å²) in [5.41, 5.74) is 1.21. The maximum absolute atomic E-state index is 13.0. The Bertz CT molecular complexity index is 737. The van der Waals surface area contributed by atoms with E-state index < -0.39 is 6.04 Å². The van der Waals surface area contributed by atoms with Crippen LogP contribution in [0.3, 0.4) is 0 Å². The predicted molar refractivity (Wildman–Crippen MR) is 91.0 cm³/mol. The first-order valence-corrected chi connectivity index (χ1v) is 8.56. The smallest absolute Gasteiger partial charge is 0.329 e. The Labute approximate surface area is 146 Å². The summed E-state index contributed by atoms with van der Waals surface area (Å²) in [7, 11) is 0. The van der Waals surface area contributed by atoms with E-state index in [0.717, 1.165) is 18.4 Å². The summed E-state index contributed by atoms with van der Waals surface area (Å²) in [5.74, 6) is -0.102. The highest BCUT2D eigenvalue weighted by Crippen LogP contribution is 2.31. The van der Waals surface area contributed by atoms with Crippen LogP contribution in [0.5, 0.6) is 0 Å². The van der Waals surface area contributed by atoms with Crippen LogP contribution in [-0.2, 0) is 16.0 Å². The number of rotatable bonds is 7. The molecule has 1 saturated carbocycles. The van der Waals surface area contributed by atoms with Gasteiger partial charge >= 0.3 is 5.97 Å². The van der Waals surface area contributed by atoms with Gasteiger partial charge in [0, 0.05) is 18.5 Å². The zero-order valence-electron chi connectivity index (χ0n) is 14.5. The zero-order chi connectivity index (χ0) is 17.8. The minimum Gasteiger partial charge on any atom is -0.464 e. The first-order chi connectivity index (χ1) is 12.1. The minimum absolute atomic E-state index is 0.0441. The van der Waals surface area contributed by atoms with E-state index >= 15 is 0 Å². The van der Waals surface area contributed by atoms with Crippen molar-refractivity contribution in [1.29, 1.82) is 0 Å². The maximum Gasteiger partial charge on any atom is 0.329 e. The zero-order valence-corrected chi connectivity index (χ0v) is 14.5. The van der Waals surface area contributed by atoms with Crippen LogP contribution in [0.15, 0.2) is 40.9 Å². The minimum atomic E-state index is -0.667. The molecule has 1 aromatic carbocycles. The molecule has 1 atom stereocenters. The molecule has 1 aliphatic rings. The van der Waals surface area contributed by atoms with Gasteiger partial charge in [0.25, 0.3) is 5.91 Å². The third-order valence-electron chi connectivity index (χ3n) is 4.19. The number of carbonyl (C=O) groups excluding carboxylic acids is 2. The fourth-order valence-corrected chi connectivity index (χ4v) is 2.89. The Morgan fingerprint density at radius 1 is 1.32 bits per heavy atom. The lowest BCUT2D eigenvalue weighted by Gasteiger charge is -2.29. The predicted octanol–water partition coefficient (Wildman–Crippen LogP) is 2.76. The summed E-state index contributed by atoms with van der Waals surface area (Å²) < 4.78 is 10.3. The summed E-state index contributed by atoms with van der Waals surface area (Å²) in [4.78, 5) is 27.2. The molecule has 1 fully saturated rings. The summed E-state index contributed by atoms with van der Waals surface area (Å²) in [6, 6.07) is 10.6. The van der Waals surface area contributed by atoms with Crippen LogP contribution >= 0.6 is 0 Å². The molecule has 0 bridgehead atoms. The number of nitrogens with zero attached hydrogens (tertiary/aromatic N) is 2. The second-order valence-corrected chi connectivity index (χ2v) is 6.22. The summed E-state index contributed by atoms with van der Waals surface area (Å²) >= 11 is 0. The van der Waals surface area contributed by atoms with Gasteiger partial charge in [-0.2, -0.15) is 0 Å². The van der Waals surface area contributed by atoms with Crippen LogP contribution in [0.4, 0.5) is 0 Å². The Morgan fingerprint density at radius 2 is 2.04 bits per heavy atom. The Balaban J connectivity index is 1.89. The maximum atomic E-state index is 13.0. The van der Waals surface area contributed by atoms with E-state index in [4.69, 9.17) is 9.26 Å². The van der Waals surface area contributed by atoms with Gasteiger partial charge < -0.3 is 14.2 Å². The second kappa shape index (κ2) is 7.51. The van der Waals surface area contributed by atoms with Gasteiger partial charge in [0.05, 0.1) is 6.61 Å². The lowest BCUT2D eigenvalue weighted by molar-refractivity contribution is -0.148. The molecule has 3 rings (SSSR count). The topological polar surface area (TPSA) is 72.6 Å². The number of hydrogen-bond acceptors (Lipinski definition) is 5. The van der Waals surface area contributed by atoms with Gasteiger partial charge in [-0.15, -0.1) is 0 Å². The SMILES string of the molecule is CCOC(=O)C(Cc1ccccc1)N(C(=O)c1cc(C)on1)C1CC1. The van der Waals surface area contributed by atoms with Crippen molar-refractivity contribution in [3.63, 3.8) is 0 Å². The van der Waals surface area contributed by atoms with Crippen LogP contribution in [0, 0.1) is 6.92 Å². The number of esters is 1. The molecule has 6 heteroatoms. The highest BCUT2D eigenvalue weighted by atomic mass is 16.5. The molecular weight excluding hydrogens is 320 g/mol. The number of aromatic nitrogens is 1. The molecule has 0 radical (unpaired) electrons. The largest absolute Gasteiger partial charge is 0.464 e. The van der Waals surface area contributed by atoms with Gasteiger partial charge in [0.1, 0.15) is 11.8 Å². The normalized spacial score (nSPS) is 14.8. The molecule has 1 heterocycles. The van der Waals surface area contributed by atoms with Crippen molar-refractivity contribution >= 4 is 11.9 Å². The van der Waals surface area contributed by atoms with Crippen molar-refractivity contribution in [2.45, 2.75) is 45.2 Å². The number of ether oxygens (including phenoxy) is 1. The van der Waals surface area contributed by atoms with Crippen LogP contribution in [0.25, 0.3) is 0 Å². The standard InChI is InChI=1S/C19H22N2O4/c1-3-24-19(23)17(12-14-7-5-4-6-8-14)21(15-9-10-15)18(22)16-11-13(2)25-20-16/h4-8,11,15,17H,3,9-10,12H2,1-2H3. The van der Waals surface area contributed by atoms with Crippen molar-refractivity contribution in [2.24, 2.45) is 0 Å². The average molecular weight is 342 g/mol. The molecule has 0 spiro atoms. The molecule has 0 saturated heterocycles. The lowest BCUT2D eigenvalue weighted by Crippen LogP contribution is -2.48. The molecule has 0 aliphatic heterocycles. The number of amides is 1. The van der Waals surface area contributed by atoms with Crippen LogP contribution < -0.4 is 0 Å². The highest BCUT2D eigenvalue weighted by molar-refractivity contribution is 5.95. The van der Waals surface area contributed by atoms with Gasteiger partial charge in [-0.05, 0) is 32.3 Å². The first-order valence-electron chi connectivity index (χ1n) is 8.56. The van der Waals surface area contributed by atoms with E-state index in [-0.39, 0.29) is 30.2 Å². The quantitative estimate of drug-likeness (QED) is 0.724. The number of carbonyl (C=O) groups is 2. The Morgan fingerprint density at radius 3 is 2.60 bits per heavy atom. The molecule has 1 amide bonds. The molecule has 1 aromatic heterocycles. The van der Waals surface area contributed by atoms with E-state index in [0.29, 0.717) is 12.2 Å². The molecule has 6 nitrogen and oxygen atoms in total. The van der Waals surface area contributed by atoms with E-state index in [2.05, 4.69) is 5.16 Å². The van der Waals surface area contributed by atoms with E-state index in [1.54, 1.807) is 24.8 Å². The Hall–Kier alpha value is -2.63. The number of benzene rings is 1. The van der Waals surface area contributed by atoms with E-state index in [1.807, 2.05) is 30.3 Å². The monoisotopic (exact) mass is 342 g/mol. The third-order valence-corrected chi connectivity index (χ3v) is 4.19. The molecule has 1 aliphatic carbocycles. The van der Waals surface area contributed by atoms with Crippen LogP contribution in [0.2, 0.25) is 0 Å². The number of hydrogen-bond donors (Lipinski definition) is 0. The van der Waals surface area contributed by atoms with Crippen molar-refractivity contribution in [1.82, 2.24) is 10.1 Å². The highest BCUT2D eigenvalue weighted by Gasteiger charge is 2.42. The van der Waals surface area contributed by atoms with Gasteiger partial charge in [-0.25, -0.2) is 4.79 Å². The van der Waals surface area contributed by atoms with Crippen LogP contribution in [-0.4, -0.2) is 40.6 Å². The van der Waals surface area contributed by atoms with Crippen molar-refractivity contribution in [3.05, 3.63) is 53.4 Å². The van der Waals surface area contributed by atoms with Gasteiger partial charge in [0.2, 0.25) is 0 Å². The molecule has 1 unspecified atom stereocenters. The molecule has 0 N–H and O–H groups in total. The summed E-state index contributed by atoms with van der Waals surface area (Å²) in [5, 5.41) is 3.82. The number of aryl methyl sites for hydroxylation is 1. The van der Waals surface area contributed by atoms with E-state index in [1.165, 1.54) is 0 Å². The van der Waals surface area contributed by atoms with E-state index in [9.17, 15) is 9.59 Å². The third kappa shape index (κ3) is 4.07. The first kappa shape index (κ1) is 17.2. The van der Waals surface area contributed by atoms with Gasteiger partial charge in [-0.3, -0.25) is 4.79 Å². The van der Waals surface area contributed by atoms with Gasteiger partial charge in [0.15, 0.2) is 5.69 Å². The van der Waals surface area contributed by atoms with Gasteiger partial charge in [-0.1, -0.05) is 35.5 Å². The molecule has 132 valence electrons. The molecular formula is C19H22N2O4. The summed E-state index contributed by atoms with van der Waals surface area (Å²) in [6.07, 6.45) is 2.18. The molecule has 25 heavy (non-hydrogen) atoms. The fourth-order valence-electron chi connectivity index (χ4n) is 2.89. The lowest BCUT2D eigenvalue weighted by atomic mass is 10.0. The second-order valence-electron chi connectivity index (χ2n) is 6.22. The molecule has 2 aromatic rings. The van der Waals surface area contributed by atoms with Crippen molar-refractivity contribution in [2.75, 3.05) is 6.61 Å². The fraction of sp³-hybridized carbons (Fsp3) is 0.421. The summed E-state index contributed by atoms with van der Waals surface area (Å²) in [6.45, 7) is 3.78. The van der Waals surface area contributed by atoms with Crippen molar-refractivity contribution < 1.29 is 18.8 Å². The average Bonchev–Trinajstić information content (AvgIpc) is 3.35.